The van der Waals surface area contributed by atoms with Gasteiger partial charge in [0.05, 0.1) is 13.1 Å². The fourth-order valence-electron chi connectivity index (χ4n) is 3.72. The van der Waals surface area contributed by atoms with Gasteiger partial charge in [-0.05, 0) is 30.9 Å². The molecule has 1 N–H and O–H groups in total. The van der Waals surface area contributed by atoms with Crippen LogP contribution >= 0.6 is 24.0 Å². The van der Waals surface area contributed by atoms with E-state index in [1.165, 1.54) is 16.7 Å². The number of hydrogen-bond acceptors (Lipinski definition) is 3. The second-order valence-corrected chi connectivity index (χ2v) is 7.90. The molecule has 1 aromatic heterocycles. The summed E-state index contributed by atoms with van der Waals surface area (Å²) in [6.07, 6.45) is 4.42. The number of aryl methyl sites for hydroxylation is 1. The van der Waals surface area contributed by atoms with Crippen molar-refractivity contribution >= 4 is 36.0 Å². The number of guanidine groups is 1. The minimum absolute atomic E-state index is 0. The molecule has 0 spiro atoms. The zero-order chi connectivity index (χ0) is 21.5. The lowest BCUT2D eigenvalue weighted by Gasteiger charge is -2.31. The minimum Gasteiger partial charge on any atom is -0.349 e. The van der Waals surface area contributed by atoms with Crippen molar-refractivity contribution in [3.05, 3.63) is 89.0 Å². The van der Waals surface area contributed by atoms with Crippen molar-refractivity contribution in [3.63, 3.8) is 0 Å². The zero-order valence-corrected chi connectivity index (χ0v) is 21.1. The monoisotopic (exact) mass is 542 g/mol. The summed E-state index contributed by atoms with van der Waals surface area (Å²) in [4.78, 5) is 7.29. The highest BCUT2D eigenvalue weighted by atomic mass is 127. The first-order valence-corrected chi connectivity index (χ1v) is 10.9. The Hall–Kier alpha value is -2.68. The van der Waals surface area contributed by atoms with Crippen LogP contribution in [0.3, 0.4) is 0 Å². The molecule has 1 fully saturated rings. The summed E-state index contributed by atoms with van der Waals surface area (Å²) in [6.45, 7) is 5.14. The van der Waals surface area contributed by atoms with Gasteiger partial charge in [0.15, 0.2) is 11.8 Å². The Balaban J connectivity index is 0.00000289. The Morgan fingerprint density at radius 2 is 1.66 bits per heavy atom. The average molecular weight is 542 g/mol. The molecule has 168 valence electrons. The van der Waals surface area contributed by atoms with Crippen LogP contribution < -0.4 is 5.32 Å². The molecular formula is C25H31IN6. The van der Waals surface area contributed by atoms with E-state index in [1.54, 1.807) is 0 Å². The van der Waals surface area contributed by atoms with Gasteiger partial charge in [0.1, 0.15) is 5.82 Å². The fourth-order valence-corrected chi connectivity index (χ4v) is 3.72. The van der Waals surface area contributed by atoms with Crippen LogP contribution in [0.4, 0.5) is 0 Å². The lowest BCUT2D eigenvalue weighted by Crippen LogP contribution is -2.44. The fraction of sp³-hybridized carbons (Fsp3) is 0.320. The van der Waals surface area contributed by atoms with Gasteiger partial charge >= 0.3 is 0 Å². The lowest BCUT2D eigenvalue weighted by atomic mass is 10.0. The van der Waals surface area contributed by atoms with E-state index in [9.17, 15) is 0 Å². The lowest BCUT2D eigenvalue weighted by molar-refractivity contribution is 0.373. The Kier molecular flexibility index (Phi) is 8.84. The van der Waals surface area contributed by atoms with Gasteiger partial charge in [0.25, 0.3) is 0 Å². The number of aromatic nitrogens is 3. The Morgan fingerprint density at radius 3 is 2.28 bits per heavy atom. The first-order valence-electron chi connectivity index (χ1n) is 10.9. The number of rotatable bonds is 5. The second-order valence-electron chi connectivity index (χ2n) is 7.90. The molecular weight excluding hydrogens is 511 g/mol. The van der Waals surface area contributed by atoms with Gasteiger partial charge in [-0.3, -0.25) is 0 Å². The third kappa shape index (κ3) is 6.41. The van der Waals surface area contributed by atoms with Crippen molar-refractivity contribution in [2.75, 3.05) is 13.1 Å². The van der Waals surface area contributed by atoms with Gasteiger partial charge in [0, 0.05) is 20.1 Å². The van der Waals surface area contributed by atoms with Crippen molar-refractivity contribution < 1.29 is 0 Å². The SMILES string of the molecule is Cc1nnc(CNC(=NCc2ccccc2)N2CCC(=Cc3ccccc3)CC2)n1C.I. The average Bonchev–Trinajstić information content (AvgIpc) is 3.13. The number of benzene rings is 2. The van der Waals surface area contributed by atoms with Gasteiger partial charge in [-0.1, -0.05) is 72.3 Å². The van der Waals surface area contributed by atoms with Gasteiger partial charge in [-0.25, -0.2) is 4.99 Å². The molecule has 6 nitrogen and oxygen atoms in total. The van der Waals surface area contributed by atoms with Gasteiger partial charge in [-0.15, -0.1) is 34.2 Å². The molecule has 0 amide bonds. The van der Waals surface area contributed by atoms with E-state index in [0.717, 1.165) is 43.5 Å². The largest absolute Gasteiger partial charge is 0.349 e. The quantitative estimate of drug-likeness (QED) is 0.292. The molecule has 0 radical (unpaired) electrons. The van der Waals surface area contributed by atoms with Crippen LogP contribution in [0.2, 0.25) is 0 Å². The maximum absolute atomic E-state index is 4.93. The molecule has 0 atom stereocenters. The zero-order valence-electron chi connectivity index (χ0n) is 18.7. The van der Waals surface area contributed by atoms with Crippen LogP contribution in [-0.2, 0) is 20.1 Å². The predicted molar refractivity (Wildman–Crippen MR) is 141 cm³/mol. The molecule has 2 heterocycles. The highest BCUT2D eigenvalue weighted by molar-refractivity contribution is 14.0. The first-order chi connectivity index (χ1) is 15.2. The van der Waals surface area contributed by atoms with Crippen LogP contribution in [0.25, 0.3) is 6.08 Å². The van der Waals surface area contributed by atoms with Crippen molar-refractivity contribution in [3.8, 4) is 0 Å². The number of piperidine rings is 1. The van der Waals surface area contributed by atoms with Crippen LogP contribution in [-0.4, -0.2) is 38.7 Å². The van der Waals surface area contributed by atoms with Gasteiger partial charge < -0.3 is 14.8 Å². The van der Waals surface area contributed by atoms with E-state index in [1.807, 2.05) is 24.6 Å². The number of aliphatic imine (C=N–C) groups is 1. The Morgan fingerprint density at radius 1 is 1.00 bits per heavy atom. The number of nitrogens with zero attached hydrogens (tertiary/aromatic N) is 5. The van der Waals surface area contributed by atoms with Crippen molar-refractivity contribution in [1.82, 2.24) is 25.0 Å². The van der Waals surface area contributed by atoms with E-state index in [4.69, 9.17) is 4.99 Å². The summed E-state index contributed by atoms with van der Waals surface area (Å²) in [5.74, 6) is 2.75. The Bertz CT molecular complexity index is 1030. The summed E-state index contributed by atoms with van der Waals surface area (Å²) in [7, 11) is 1.99. The predicted octanol–water partition coefficient (Wildman–Crippen LogP) is 4.57. The van der Waals surface area contributed by atoms with Crippen LogP contribution in [0.5, 0.6) is 0 Å². The maximum Gasteiger partial charge on any atom is 0.194 e. The first kappa shape index (κ1) is 24.0. The van der Waals surface area contributed by atoms with Crippen molar-refractivity contribution in [2.24, 2.45) is 12.0 Å². The summed E-state index contributed by atoms with van der Waals surface area (Å²) in [5.41, 5.74) is 3.98. The molecule has 4 rings (SSSR count). The topological polar surface area (TPSA) is 58.3 Å². The molecule has 1 aliphatic rings. The summed E-state index contributed by atoms with van der Waals surface area (Å²) >= 11 is 0. The molecule has 2 aromatic carbocycles. The third-order valence-corrected chi connectivity index (χ3v) is 5.72. The summed E-state index contributed by atoms with van der Waals surface area (Å²) in [5, 5.41) is 12.0. The van der Waals surface area contributed by atoms with Crippen LogP contribution in [0.1, 0.15) is 35.6 Å². The molecule has 0 bridgehead atoms. The van der Waals surface area contributed by atoms with E-state index in [2.05, 4.69) is 81.1 Å². The number of likely N-dealkylation sites (tertiary alicyclic amines) is 1. The normalized spacial score (nSPS) is 14.1. The van der Waals surface area contributed by atoms with E-state index in [0.29, 0.717) is 13.1 Å². The highest BCUT2D eigenvalue weighted by Gasteiger charge is 2.18. The molecule has 1 saturated heterocycles. The van der Waals surface area contributed by atoms with E-state index in [-0.39, 0.29) is 24.0 Å². The third-order valence-electron chi connectivity index (χ3n) is 5.72. The van der Waals surface area contributed by atoms with Crippen LogP contribution in [0, 0.1) is 6.92 Å². The Labute approximate surface area is 207 Å². The van der Waals surface area contributed by atoms with Crippen molar-refractivity contribution in [1.29, 1.82) is 0 Å². The van der Waals surface area contributed by atoms with Crippen molar-refractivity contribution in [2.45, 2.75) is 32.9 Å². The summed E-state index contributed by atoms with van der Waals surface area (Å²) < 4.78 is 2.01. The molecule has 1 aliphatic heterocycles. The molecule has 32 heavy (non-hydrogen) atoms. The standard InChI is InChI=1S/C25H30N6.HI/c1-20-28-29-24(30(20)2)19-27-25(26-18-23-11-7-4-8-12-23)31-15-13-22(14-16-31)17-21-9-5-3-6-10-21;/h3-12,17H,13-16,18-19H2,1-2H3,(H,26,27);1H. The maximum atomic E-state index is 4.93. The minimum atomic E-state index is 0. The van der Waals surface area contributed by atoms with E-state index < -0.39 is 0 Å². The second kappa shape index (κ2) is 11.8. The molecule has 0 aliphatic carbocycles. The number of nitrogens with one attached hydrogen (secondary N) is 1. The summed E-state index contributed by atoms with van der Waals surface area (Å²) in [6, 6.07) is 20.9. The molecule has 0 saturated carbocycles. The van der Waals surface area contributed by atoms with Gasteiger partial charge in [-0.2, -0.15) is 0 Å². The molecule has 3 aromatic rings. The molecule has 7 heteroatoms. The van der Waals surface area contributed by atoms with Gasteiger partial charge in [0.2, 0.25) is 0 Å². The number of hydrogen-bond donors (Lipinski definition) is 1. The smallest absolute Gasteiger partial charge is 0.194 e. The van der Waals surface area contributed by atoms with Crippen LogP contribution in [0.15, 0.2) is 71.2 Å². The highest BCUT2D eigenvalue weighted by Crippen LogP contribution is 2.20. The number of halogens is 1. The van der Waals surface area contributed by atoms with E-state index >= 15 is 0 Å². The molecule has 0 unspecified atom stereocenters.